The number of rotatable bonds is 6. The van der Waals surface area contributed by atoms with E-state index >= 15 is 0 Å². The molecule has 0 saturated carbocycles. The SMILES string of the molecule is O=C(CNC(=O)c1c(F)cccc1Cl)NCCc1ccccc1. The van der Waals surface area contributed by atoms with E-state index in [1.165, 1.54) is 12.1 Å². The van der Waals surface area contributed by atoms with E-state index in [-0.39, 0.29) is 23.0 Å². The van der Waals surface area contributed by atoms with Crippen molar-refractivity contribution in [2.75, 3.05) is 13.1 Å². The van der Waals surface area contributed by atoms with Crippen LogP contribution in [0.3, 0.4) is 0 Å². The summed E-state index contributed by atoms with van der Waals surface area (Å²) in [5, 5.41) is 5.05. The molecule has 2 amide bonds. The molecule has 2 rings (SSSR count). The monoisotopic (exact) mass is 334 g/mol. The van der Waals surface area contributed by atoms with Gasteiger partial charge in [-0.15, -0.1) is 0 Å². The summed E-state index contributed by atoms with van der Waals surface area (Å²) in [6, 6.07) is 13.7. The maximum absolute atomic E-state index is 13.6. The fourth-order valence-electron chi connectivity index (χ4n) is 2.02. The zero-order valence-electron chi connectivity index (χ0n) is 12.3. The lowest BCUT2D eigenvalue weighted by Crippen LogP contribution is -2.38. The van der Waals surface area contributed by atoms with Crippen LogP contribution >= 0.6 is 11.6 Å². The fourth-order valence-corrected chi connectivity index (χ4v) is 2.27. The molecule has 0 radical (unpaired) electrons. The molecule has 0 aliphatic heterocycles. The predicted octanol–water partition coefficient (Wildman–Crippen LogP) is 2.57. The molecule has 0 aliphatic rings. The molecule has 2 N–H and O–H groups in total. The summed E-state index contributed by atoms with van der Waals surface area (Å²) in [4.78, 5) is 23.6. The average Bonchev–Trinajstić information content (AvgIpc) is 2.54. The number of hydrogen-bond acceptors (Lipinski definition) is 2. The van der Waals surface area contributed by atoms with Gasteiger partial charge in [0.05, 0.1) is 17.1 Å². The van der Waals surface area contributed by atoms with Gasteiger partial charge in [-0.05, 0) is 24.1 Å². The van der Waals surface area contributed by atoms with E-state index in [4.69, 9.17) is 11.6 Å². The van der Waals surface area contributed by atoms with Crippen molar-refractivity contribution in [2.24, 2.45) is 0 Å². The smallest absolute Gasteiger partial charge is 0.256 e. The lowest BCUT2D eigenvalue weighted by atomic mass is 10.1. The highest BCUT2D eigenvalue weighted by atomic mass is 35.5. The summed E-state index contributed by atoms with van der Waals surface area (Å²) < 4.78 is 13.6. The van der Waals surface area contributed by atoms with Gasteiger partial charge in [-0.2, -0.15) is 0 Å². The van der Waals surface area contributed by atoms with Crippen LogP contribution in [0.15, 0.2) is 48.5 Å². The summed E-state index contributed by atoms with van der Waals surface area (Å²) in [7, 11) is 0. The van der Waals surface area contributed by atoms with E-state index in [0.29, 0.717) is 13.0 Å². The topological polar surface area (TPSA) is 58.2 Å². The Kier molecular flexibility index (Phi) is 6.11. The molecule has 0 unspecified atom stereocenters. The molecular formula is C17H16ClFN2O2. The highest BCUT2D eigenvalue weighted by Crippen LogP contribution is 2.18. The van der Waals surface area contributed by atoms with Crippen LogP contribution in [0.25, 0.3) is 0 Å². The third kappa shape index (κ3) is 5.07. The van der Waals surface area contributed by atoms with Crippen LogP contribution in [0.5, 0.6) is 0 Å². The molecule has 0 aromatic heterocycles. The van der Waals surface area contributed by atoms with E-state index < -0.39 is 11.7 Å². The normalized spacial score (nSPS) is 10.2. The summed E-state index contributed by atoms with van der Waals surface area (Å²) in [6.07, 6.45) is 0.694. The van der Waals surface area contributed by atoms with Gasteiger partial charge in [-0.3, -0.25) is 9.59 Å². The van der Waals surface area contributed by atoms with Crippen LogP contribution in [0.1, 0.15) is 15.9 Å². The molecule has 23 heavy (non-hydrogen) atoms. The van der Waals surface area contributed by atoms with E-state index in [1.807, 2.05) is 30.3 Å². The molecule has 6 heteroatoms. The first kappa shape index (κ1) is 17.0. The second kappa shape index (κ2) is 8.29. The molecule has 2 aromatic carbocycles. The van der Waals surface area contributed by atoms with Crippen LogP contribution in [-0.2, 0) is 11.2 Å². The van der Waals surface area contributed by atoms with Crippen LogP contribution in [0.2, 0.25) is 5.02 Å². The maximum atomic E-state index is 13.6. The van der Waals surface area contributed by atoms with E-state index in [2.05, 4.69) is 10.6 Å². The molecule has 0 aliphatic carbocycles. The molecule has 0 fully saturated rings. The van der Waals surface area contributed by atoms with Crippen molar-refractivity contribution < 1.29 is 14.0 Å². The Labute approximate surface area is 138 Å². The Bertz CT molecular complexity index is 672. The van der Waals surface area contributed by atoms with Gasteiger partial charge in [-0.25, -0.2) is 4.39 Å². The summed E-state index contributed by atoms with van der Waals surface area (Å²) in [5.41, 5.74) is 0.848. The third-order valence-electron chi connectivity index (χ3n) is 3.18. The van der Waals surface area contributed by atoms with Crippen molar-refractivity contribution in [2.45, 2.75) is 6.42 Å². The van der Waals surface area contributed by atoms with Crippen LogP contribution in [0, 0.1) is 5.82 Å². The predicted molar refractivity (Wildman–Crippen MR) is 86.9 cm³/mol. The molecule has 0 spiro atoms. The van der Waals surface area contributed by atoms with Crippen molar-refractivity contribution in [3.8, 4) is 0 Å². The van der Waals surface area contributed by atoms with Crippen molar-refractivity contribution in [1.29, 1.82) is 0 Å². The Morgan fingerprint density at radius 2 is 1.74 bits per heavy atom. The molecule has 2 aromatic rings. The van der Waals surface area contributed by atoms with Crippen LogP contribution in [-0.4, -0.2) is 24.9 Å². The van der Waals surface area contributed by atoms with E-state index in [0.717, 1.165) is 11.6 Å². The number of halogens is 2. The van der Waals surface area contributed by atoms with Gasteiger partial charge in [0.25, 0.3) is 5.91 Å². The molecule has 0 bridgehead atoms. The van der Waals surface area contributed by atoms with Gasteiger partial charge in [0.1, 0.15) is 5.82 Å². The van der Waals surface area contributed by atoms with Gasteiger partial charge in [0.2, 0.25) is 5.91 Å². The first-order valence-electron chi connectivity index (χ1n) is 7.11. The standard InChI is InChI=1S/C17H16ClFN2O2/c18-13-7-4-8-14(19)16(13)17(23)21-11-15(22)20-10-9-12-5-2-1-3-6-12/h1-8H,9-11H2,(H,20,22)(H,21,23). The molecule has 0 heterocycles. The van der Waals surface area contributed by atoms with Gasteiger partial charge < -0.3 is 10.6 Å². The maximum Gasteiger partial charge on any atom is 0.256 e. The van der Waals surface area contributed by atoms with Gasteiger partial charge in [0.15, 0.2) is 0 Å². The fraction of sp³-hybridized carbons (Fsp3) is 0.176. The van der Waals surface area contributed by atoms with Crippen molar-refractivity contribution in [3.05, 3.63) is 70.5 Å². The van der Waals surface area contributed by atoms with Crippen molar-refractivity contribution in [3.63, 3.8) is 0 Å². The second-order valence-electron chi connectivity index (χ2n) is 4.86. The number of carbonyl (C=O) groups is 2. The minimum atomic E-state index is -0.723. The third-order valence-corrected chi connectivity index (χ3v) is 3.49. The van der Waals surface area contributed by atoms with Crippen LogP contribution in [0.4, 0.5) is 4.39 Å². The Balaban J connectivity index is 1.77. The molecule has 120 valence electrons. The lowest BCUT2D eigenvalue weighted by Gasteiger charge is -2.08. The van der Waals surface area contributed by atoms with Crippen molar-refractivity contribution in [1.82, 2.24) is 10.6 Å². The molecular weight excluding hydrogens is 319 g/mol. The minimum absolute atomic E-state index is 0.00647. The Morgan fingerprint density at radius 1 is 1.00 bits per heavy atom. The first-order valence-corrected chi connectivity index (χ1v) is 7.48. The largest absolute Gasteiger partial charge is 0.354 e. The molecule has 0 saturated heterocycles. The van der Waals surface area contributed by atoms with Crippen molar-refractivity contribution >= 4 is 23.4 Å². The first-order chi connectivity index (χ1) is 11.1. The summed E-state index contributed by atoms with van der Waals surface area (Å²) in [5.74, 6) is -1.78. The number of benzene rings is 2. The number of hydrogen-bond donors (Lipinski definition) is 2. The molecule has 0 atom stereocenters. The van der Waals surface area contributed by atoms with Gasteiger partial charge in [-0.1, -0.05) is 48.0 Å². The van der Waals surface area contributed by atoms with Crippen LogP contribution < -0.4 is 10.6 Å². The highest BCUT2D eigenvalue weighted by molar-refractivity contribution is 6.33. The second-order valence-corrected chi connectivity index (χ2v) is 5.27. The lowest BCUT2D eigenvalue weighted by molar-refractivity contribution is -0.120. The highest BCUT2D eigenvalue weighted by Gasteiger charge is 2.16. The average molecular weight is 335 g/mol. The van der Waals surface area contributed by atoms with E-state index in [9.17, 15) is 14.0 Å². The molecule has 4 nitrogen and oxygen atoms in total. The summed E-state index contributed by atoms with van der Waals surface area (Å²) >= 11 is 5.79. The number of carbonyl (C=O) groups excluding carboxylic acids is 2. The Morgan fingerprint density at radius 3 is 2.43 bits per heavy atom. The van der Waals surface area contributed by atoms with Gasteiger partial charge >= 0.3 is 0 Å². The van der Waals surface area contributed by atoms with E-state index in [1.54, 1.807) is 0 Å². The zero-order valence-corrected chi connectivity index (χ0v) is 13.1. The number of nitrogens with one attached hydrogen (secondary N) is 2. The number of amides is 2. The quantitative estimate of drug-likeness (QED) is 0.853. The van der Waals surface area contributed by atoms with Gasteiger partial charge in [0, 0.05) is 6.54 Å². The minimum Gasteiger partial charge on any atom is -0.354 e. The Hall–Kier alpha value is -2.40. The summed E-state index contributed by atoms with van der Waals surface area (Å²) in [6.45, 7) is 0.220. The zero-order chi connectivity index (χ0) is 16.7.